The third-order valence-corrected chi connectivity index (χ3v) is 11.0. The fraction of sp³-hybridized carbons (Fsp3) is 0.452. The Bertz CT molecular complexity index is 1550. The number of carbonyl (C=O) groups excluding carboxylic acids is 3. The maximum atomic E-state index is 13.6. The summed E-state index contributed by atoms with van der Waals surface area (Å²) in [4.78, 5) is 49.9. The largest absolute Gasteiger partial charge is 0.344 e. The Labute approximate surface area is 256 Å². The SMILES string of the molecule is Cc1ccnc(-c2ccc(C(=O)NC(CC3CCCCC3)C(=O)N[C@H]3CCCN(S(=O)(=O)c4ccccn4)CC3=O)s2)c1. The number of nitrogens with zero attached hydrogens (tertiary/aromatic N) is 3. The molecule has 43 heavy (non-hydrogen) atoms. The minimum absolute atomic E-state index is 0.115. The number of aryl methyl sites for hydroxylation is 1. The highest BCUT2D eigenvalue weighted by Gasteiger charge is 2.35. The second-order valence-electron chi connectivity index (χ2n) is 11.3. The van der Waals surface area contributed by atoms with Crippen molar-refractivity contribution in [3.05, 3.63) is 65.3 Å². The van der Waals surface area contributed by atoms with Gasteiger partial charge in [-0.3, -0.25) is 19.4 Å². The fourth-order valence-corrected chi connectivity index (χ4v) is 8.00. The van der Waals surface area contributed by atoms with E-state index in [0.29, 0.717) is 30.1 Å². The number of ketones is 1. The maximum absolute atomic E-state index is 13.6. The van der Waals surface area contributed by atoms with Gasteiger partial charge in [0.2, 0.25) is 5.91 Å². The Balaban J connectivity index is 1.28. The molecule has 1 aliphatic heterocycles. The van der Waals surface area contributed by atoms with Gasteiger partial charge in [-0.05, 0) is 74.1 Å². The predicted molar refractivity (Wildman–Crippen MR) is 164 cm³/mol. The number of thiophene rings is 1. The Morgan fingerprint density at radius 2 is 1.84 bits per heavy atom. The van der Waals surface area contributed by atoms with E-state index in [9.17, 15) is 22.8 Å². The van der Waals surface area contributed by atoms with Crippen LogP contribution in [0.4, 0.5) is 0 Å². The topological polar surface area (TPSA) is 138 Å². The molecule has 2 fully saturated rings. The Morgan fingerprint density at radius 1 is 1.02 bits per heavy atom. The zero-order valence-corrected chi connectivity index (χ0v) is 25.8. The highest BCUT2D eigenvalue weighted by molar-refractivity contribution is 7.89. The van der Waals surface area contributed by atoms with Crippen LogP contribution in [0.25, 0.3) is 10.6 Å². The van der Waals surface area contributed by atoms with Crippen LogP contribution in [0.5, 0.6) is 0 Å². The molecule has 2 aliphatic rings. The molecule has 4 heterocycles. The van der Waals surface area contributed by atoms with Crippen LogP contribution in [0.2, 0.25) is 0 Å². The average molecular weight is 624 g/mol. The van der Waals surface area contributed by atoms with Crippen molar-refractivity contribution in [1.29, 1.82) is 0 Å². The van der Waals surface area contributed by atoms with Crippen LogP contribution in [0.3, 0.4) is 0 Å². The normalized spacial score (nSPS) is 19.4. The van der Waals surface area contributed by atoms with Gasteiger partial charge < -0.3 is 10.6 Å². The van der Waals surface area contributed by atoms with Crippen LogP contribution in [0, 0.1) is 12.8 Å². The van der Waals surface area contributed by atoms with Crippen LogP contribution in [-0.2, 0) is 19.6 Å². The molecule has 1 saturated carbocycles. The zero-order chi connectivity index (χ0) is 30.4. The van der Waals surface area contributed by atoms with Crippen molar-refractivity contribution in [3.63, 3.8) is 0 Å². The number of rotatable bonds is 9. The number of hydrogen-bond donors (Lipinski definition) is 2. The van der Waals surface area contributed by atoms with Crippen LogP contribution in [0.15, 0.2) is 59.9 Å². The van der Waals surface area contributed by atoms with Crippen LogP contribution >= 0.6 is 11.3 Å². The van der Waals surface area contributed by atoms with Gasteiger partial charge in [-0.25, -0.2) is 13.4 Å². The number of sulfonamides is 1. The fourth-order valence-electron chi connectivity index (χ4n) is 5.74. The van der Waals surface area contributed by atoms with Crippen molar-refractivity contribution in [2.75, 3.05) is 13.1 Å². The van der Waals surface area contributed by atoms with E-state index in [0.717, 1.165) is 46.1 Å². The predicted octanol–water partition coefficient (Wildman–Crippen LogP) is 4.12. The molecule has 3 aromatic rings. The molecule has 10 nitrogen and oxygen atoms in total. The summed E-state index contributed by atoms with van der Waals surface area (Å²) in [6, 6.07) is 10.4. The molecule has 0 radical (unpaired) electrons. The number of hydrogen-bond acceptors (Lipinski definition) is 8. The summed E-state index contributed by atoms with van der Waals surface area (Å²) >= 11 is 1.31. The lowest BCUT2D eigenvalue weighted by Crippen LogP contribution is -2.53. The lowest BCUT2D eigenvalue weighted by molar-refractivity contribution is -0.129. The van der Waals surface area contributed by atoms with Crippen molar-refractivity contribution in [1.82, 2.24) is 24.9 Å². The number of pyridine rings is 2. The number of Topliss-reactive ketones (excluding diaryl/α,β-unsaturated/α-hetero) is 1. The zero-order valence-electron chi connectivity index (χ0n) is 24.2. The molecule has 1 aliphatic carbocycles. The molecular formula is C31H37N5O5S2. The lowest BCUT2D eigenvalue weighted by atomic mass is 9.84. The smallest absolute Gasteiger partial charge is 0.262 e. The van der Waals surface area contributed by atoms with Crippen molar-refractivity contribution >= 4 is 39.0 Å². The molecule has 3 aromatic heterocycles. The van der Waals surface area contributed by atoms with E-state index in [2.05, 4.69) is 20.6 Å². The molecule has 0 bridgehead atoms. The second kappa shape index (κ2) is 13.9. The summed E-state index contributed by atoms with van der Waals surface area (Å²) in [6.07, 6.45) is 9.64. The van der Waals surface area contributed by atoms with Gasteiger partial charge in [-0.15, -0.1) is 11.3 Å². The maximum Gasteiger partial charge on any atom is 0.262 e. The minimum Gasteiger partial charge on any atom is -0.344 e. The standard InChI is InChI=1S/C31H37N5O5S2/c1-21-14-16-32-24(18-21)27-12-13-28(42-27)31(39)35-25(19-22-8-3-2-4-9-22)30(38)34-23-10-7-17-36(20-26(23)37)43(40,41)29-11-5-6-15-33-29/h5-6,11-16,18,22-23,25H,2-4,7-10,17,19-20H2,1H3,(H,34,38)(H,35,39)/t23-,25?/m0/s1. The van der Waals surface area contributed by atoms with E-state index in [1.807, 2.05) is 25.1 Å². The van der Waals surface area contributed by atoms with Gasteiger partial charge >= 0.3 is 0 Å². The number of nitrogens with one attached hydrogen (secondary N) is 2. The molecule has 228 valence electrons. The molecule has 0 spiro atoms. The van der Waals surface area contributed by atoms with Crippen molar-refractivity contribution < 1.29 is 22.8 Å². The van der Waals surface area contributed by atoms with Gasteiger partial charge in [-0.2, -0.15) is 4.31 Å². The van der Waals surface area contributed by atoms with E-state index in [1.54, 1.807) is 24.4 Å². The van der Waals surface area contributed by atoms with Gasteiger partial charge in [-0.1, -0.05) is 38.2 Å². The molecule has 12 heteroatoms. The van der Waals surface area contributed by atoms with E-state index in [4.69, 9.17) is 0 Å². The molecule has 2 N–H and O–H groups in total. The second-order valence-corrected chi connectivity index (χ2v) is 14.3. The minimum atomic E-state index is -3.94. The molecule has 0 aromatic carbocycles. The average Bonchev–Trinajstić information content (AvgIpc) is 3.44. The highest BCUT2D eigenvalue weighted by Crippen LogP contribution is 2.29. The molecule has 2 atom stereocenters. The molecular weight excluding hydrogens is 587 g/mol. The van der Waals surface area contributed by atoms with Gasteiger partial charge in [0.15, 0.2) is 10.8 Å². The van der Waals surface area contributed by atoms with E-state index >= 15 is 0 Å². The van der Waals surface area contributed by atoms with Crippen LogP contribution in [0.1, 0.15) is 66.6 Å². The summed E-state index contributed by atoms with van der Waals surface area (Å²) in [5.74, 6) is -0.860. The van der Waals surface area contributed by atoms with Gasteiger partial charge in [0.1, 0.15) is 6.04 Å². The Hall–Kier alpha value is -3.48. The number of aromatic nitrogens is 2. The Kier molecular flexibility index (Phi) is 9.99. The first-order valence-electron chi connectivity index (χ1n) is 14.8. The molecule has 1 unspecified atom stereocenters. The molecule has 2 amide bonds. The first-order valence-corrected chi connectivity index (χ1v) is 17.0. The summed E-state index contributed by atoms with van der Waals surface area (Å²) < 4.78 is 27.3. The monoisotopic (exact) mass is 623 g/mol. The highest BCUT2D eigenvalue weighted by atomic mass is 32.2. The first-order chi connectivity index (χ1) is 20.7. The quantitative estimate of drug-likeness (QED) is 0.366. The number of carbonyl (C=O) groups is 3. The summed E-state index contributed by atoms with van der Waals surface area (Å²) in [6.45, 7) is 1.78. The van der Waals surface area contributed by atoms with E-state index in [1.165, 1.54) is 30.0 Å². The van der Waals surface area contributed by atoms with E-state index < -0.39 is 28.0 Å². The van der Waals surface area contributed by atoms with Crippen LogP contribution < -0.4 is 10.6 Å². The first kappa shape index (κ1) is 31.0. The van der Waals surface area contributed by atoms with Crippen LogP contribution in [-0.4, -0.2) is 65.5 Å². The third kappa shape index (κ3) is 7.73. The van der Waals surface area contributed by atoms with Crippen molar-refractivity contribution in [2.24, 2.45) is 5.92 Å². The van der Waals surface area contributed by atoms with Crippen molar-refractivity contribution in [2.45, 2.75) is 75.4 Å². The lowest BCUT2D eigenvalue weighted by Gasteiger charge is -2.27. The summed E-state index contributed by atoms with van der Waals surface area (Å²) in [5.41, 5.74) is 1.85. The summed E-state index contributed by atoms with van der Waals surface area (Å²) in [5, 5.41) is 5.69. The van der Waals surface area contributed by atoms with Gasteiger partial charge in [0, 0.05) is 18.9 Å². The van der Waals surface area contributed by atoms with Gasteiger partial charge in [0.25, 0.3) is 15.9 Å². The van der Waals surface area contributed by atoms with Crippen molar-refractivity contribution in [3.8, 4) is 10.6 Å². The third-order valence-electron chi connectivity index (χ3n) is 8.09. The molecule has 1 saturated heterocycles. The van der Waals surface area contributed by atoms with E-state index in [-0.39, 0.29) is 29.8 Å². The molecule has 5 rings (SSSR count). The Morgan fingerprint density at radius 3 is 2.58 bits per heavy atom. The summed E-state index contributed by atoms with van der Waals surface area (Å²) in [7, 11) is -3.94. The number of amides is 2. The van der Waals surface area contributed by atoms with Gasteiger partial charge in [0.05, 0.1) is 28.0 Å².